The van der Waals surface area contributed by atoms with Crippen LogP contribution in [0.1, 0.15) is 12.0 Å². The summed E-state index contributed by atoms with van der Waals surface area (Å²) in [5.41, 5.74) is 0.845. The van der Waals surface area contributed by atoms with Gasteiger partial charge in [-0.15, -0.1) is 0 Å². The van der Waals surface area contributed by atoms with E-state index >= 15 is 0 Å². The van der Waals surface area contributed by atoms with Gasteiger partial charge in [0.1, 0.15) is 0 Å². The molecule has 1 heterocycles. The molecule has 1 fully saturated rings. The summed E-state index contributed by atoms with van der Waals surface area (Å²) in [6, 6.07) is 4.96. The Morgan fingerprint density at radius 3 is 2.88 bits per heavy atom. The van der Waals surface area contributed by atoms with Crippen molar-refractivity contribution in [3.63, 3.8) is 0 Å². The number of aliphatic imine (C=N–C) groups is 1. The number of benzene rings is 1. The van der Waals surface area contributed by atoms with Gasteiger partial charge >= 0.3 is 0 Å². The fourth-order valence-corrected chi connectivity index (χ4v) is 2.89. The van der Waals surface area contributed by atoms with Crippen LogP contribution in [0.3, 0.4) is 0 Å². The Kier molecular flexibility index (Phi) is 7.94. The minimum Gasteiger partial charge on any atom is -0.494 e. The summed E-state index contributed by atoms with van der Waals surface area (Å²) in [6.45, 7) is 4.35. The first-order valence-electron chi connectivity index (χ1n) is 8.52. The number of guanidine groups is 1. The topological polar surface area (TPSA) is 55.3 Å². The molecule has 1 N–H and O–H groups in total. The van der Waals surface area contributed by atoms with Crippen molar-refractivity contribution in [2.24, 2.45) is 10.9 Å². The zero-order chi connectivity index (χ0) is 18.1. The molecule has 7 heteroatoms. The largest absolute Gasteiger partial charge is 0.494 e. The summed E-state index contributed by atoms with van der Waals surface area (Å²) in [6.07, 6.45) is 1.07. The lowest BCUT2D eigenvalue weighted by Crippen LogP contribution is -2.39. The van der Waals surface area contributed by atoms with Gasteiger partial charge in [-0.1, -0.05) is 6.07 Å². The Balaban J connectivity index is 1.80. The second-order valence-electron chi connectivity index (χ2n) is 6.04. The second kappa shape index (κ2) is 10.2. The molecule has 1 aliphatic rings. The number of nitrogens with one attached hydrogen (secondary N) is 1. The van der Waals surface area contributed by atoms with Gasteiger partial charge in [-0.2, -0.15) is 0 Å². The van der Waals surface area contributed by atoms with E-state index in [0.717, 1.165) is 37.6 Å². The molecule has 25 heavy (non-hydrogen) atoms. The standard InChI is InChI=1S/C18H28FN3O3/c1-20-18(21-11-14-4-5-17(24-3)16(19)10-14)22-7-6-15(12-22)13-25-9-8-23-2/h4-5,10,15H,6-9,11-13H2,1-3H3,(H,20,21). The molecule has 1 aliphatic heterocycles. The molecule has 1 aromatic carbocycles. The lowest BCUT2D eigenvalue weighted by molar-refractivity contribution is 0.0536. The highest BCUT2D eigenvalue weighted by Crippen LogP contribution is 2.19. The van der Waals surface area contributed by atoms with Gasteiger partial charge in [-0.25, -0.2) is 4.39 Å². The molecule has 0 amide bonds. The second-order valence-corrected chi connectivity index (χ2v) is 6.04. The van der Waals surface area contributed by atoms with Crippen molar-refractivity contribution in [3.8, 4) is 5.75 Å². The number of hydrogen-bond donors (Lipinski definition) is 1. The zero-order valence-electron chi connectivity index (χ0n) is 15.3. The van der Waals surface area contributed by atoms with E-state index in [2.05, 4.69) is 15.2 Å². The van der Waals surface area contributed by atoms with Gasteiger partial charge < -0.3 is 24.4 Å². The number of halogens is 1. The fourth-order valence-electron chi connectivity index (χ4n) is 2.89. The average Bonchev–Trinajstić information content (AvgIpc) is 3.08. The van der Waals surface area contributed by atoms with Crippen LogP contribution in [0, 0.1) is 11.7 Å². The van der Waals surface area contributed by atoms with Crippen molar-refractivity contribution >= 4 is 5.96 Å². The molecule has 1 unspecified atom stereocenters. The smallest absolute Gasteiger partial charge is 0.193 e. The molecular weight excluding hydrogens is 325 g/mol. The molecule has 0 aromatic heterocycles. The molecule has 0 saturated carbocycles. The predicted octanol–water partition coefficient (Wildman–Crippen LogP) is 1.89. The Labute approximate surface area is 149 Å². The summed E-state index contributed by atoms with van der Waals surface area (Å²) in [7, 11) is 4.89. The van der Waals surface area contributed by atoms with E-state index in [4.69, 9.17) is 14.2 Å². The van der Waals surface area contributed by atoms with Crippen LogP contribution in [0.4, 0.5) is 4.39 Å². The normalized spacial score (nSPS) is 17.8. The molecule has 0 spiro atoms. The number of methoxy groups -OCH3 is 2. The third-order valence-electron chi connectivity index (χ3n) is 4.25. The monoisotopic (exact) mass is 353 g/mol. The van der Waals surface area contributed by atoms with Crippen LogP contribution in [0.15, 0.2) is 23.2 Å². The summed E-state index contributed by atoms with van der Waals surface area (Å²) in [4.78, 5) is 6.55. The van der Waals surface area contributed by atoms with Gasteiger partial charge in [-0.05, 0) is 24.1 Å². The summed E-state index contributed by atoms with van der Waals surface area (Å²) in [5.74, 6) is 1.22. The molecule has 0 radical (unpaired) electrons. The summed E-state index contributed by atoms with van der Waals surface area (Å²) in [5, 5.41) is 3.30. The van der Waals surface area contributed by atoms with Crippen molar-refractivity contribution in [2.75, 3.05) is 54.2 Å². The first kappa shape index (κ1) is 19.5. The van der Waals surface area contributed by atoms with E-state index < -0.39 is 0 Å². The third-order valence-corrected chi connectivity index (χ3v) is 4.25. The van der Waals surface area contributed by atoms with Crippen LogP contribution in [0.25, 0.3) is 0 Å². The first-order valence-corrected chi connectivity index (χ1v) is 8.52. The molecule has 1 atom stereocenters. The SMILES string of the molecule is CN=C(NCc1ccc(OC)c(F)c1)N1CCC(COCCOC)C1. The third kappa shape index (κ3) is 5.86. The number of nitrogens with zero attached hydrogens (tertiary/aromatic N) is 2. The first-order chi connectivity index (χ1) is 12.2. The lowest BCUT2D eigenvalue weighted by atomic mass is 10.1. The van der Waals surface area contributed by atoms with Gasteiger partial charge in [0.15, 0.2) is 17.5 Å². The number of hydrogen-bond acceptors (Lipinski definition) is 4. The van der Waals surface area contributed by atoms with Gasteiger partial charge in [0.2, 0.25) is 0 Å². The van der Waals surface area contributed by atoms with E-state index in [9.17, 15) is 4.39 Å². The van der Waals surface area contributed by atoms with Crippen molar-refractivity contribution < 1.29 is 18.6 Å². The van der Waals surface area contributed by atoms with Crippen LogP contribution >= 0.6 is 0 Å². The fraction of sp³-hybridized carbons (Fsp3) is 0.611. The van der Waals surface area contributed by atoms with Gasteiger partial charge in [0.25, 0.3) is 0 Å². The van der Waals surface area contributed by atoms with Crippen molar-refractivity contribution in [1.29, 1.82) is 0 Å². The molecule has 1 saturated heterocycles. The highest BCUT2D eigenvalue weighted by Gasteiger charge is 2.24. The van der Waals surface area contributed by atoms with Crippen molar-refractivity contribution in [3.05, 3.63) is 29.6 Å². The summed E-state index contributed by atoms with van der Waals surface area (Å²) >= 11 is 0. The average molecular weight is 353 g/mol. The van der Waals surface area contributed by atoms with E-state index in [1.165, 1.54) is 13.2 Å². The molecule has 1 aromatic rings. The molecule has 2 rings (SSSR count). The Hall–Kier alpha value is -1.86. The zero-order valence-corrected chi connectivity index (χ0v) is 15.3. The molecular formula is C18H28FN3O3. The maximum atomic E-state index is 13.8. The van der Waals surface area contributed by atoms with Crippen molar-refractivity contribution in [1.82, 2.24) is 10.2 Å². The van der Waals surface area contributed by atoms with Gasteiger partial charge in [-0.3, -0.25) is 4.99 Å². The molecule has 6 nitrogen and oxygen atoms in total. The van der Waals surface area contributed by atoms with Crippen LogP contribution < -0.4 is 10.1 Å². The Bertz CT molecular complexity index is 568. The number of rotatable bonds is 8. The Morgan fingerprint density at radius 1 is 1.36 bits per heavy atom. The van der Waals surface area contributed by atoms with Crippen LogP contribution in [0.5, 0.6) is 5.75 Å². The minimum absolute atomic E-state index is 0.254. The van der Waals surface area contributed by atoms with Gasteiger partial charge in [0.05, 0.1) is 26.9 Å². The maximum Gasteiger partial charge on any atom is 0.193 e. The lowest BCUT2D eigenvalue weighted by Gasteiger charge is -2.22. The highest BCUT2D eigenvalue weighted by atomic mass is 19.1. The van der Waals surface area contributed by atoms with E-state index in [1.807, 2.05) is 6.07 Å². The van der Waals surface area contributed by atoms with E-state index in [1.54, 1.807) is 20.2 Å². The molecule has 0 bridgehead atoms. The Morgan fingerprint density at radius 2 is 2.20 bits per heavy atom. The maximum absolute atomic E-state index is 13.8. The van der Waals surface area contributed by atoms with Crippen LogP contribution in [0.2, 0.25) is 0 Å². The van der Waals surface area contributed by atoms with E-state index in [-0.39, 0.29) is 11.6 Å². The van der Waals surface area contributed by atoms with Crippen molar-refractivity contribution in [2.45, 2.75) is 13.0 Å². The predicted molar refractivity (Wildman–Crippen MR) is 95.5 cm³/mol. The minimum atomic E-state index is -0.355. The number of ether oxygens (including phenoxy) is 3. The highest BCUT2D eigenvalue weighted by molar-refractivity contribution is 5.80. The van der Waals surface area contributed by atoms with Gasteiger partial charge in [0, 0.05) is 39.7 Å². The quantitative estimate of drug-likeness (QED) is 0.439. The van der Waals surface area contributed by atoms with E-state index in [0.29, 0.717) is 25.7 Å². The molecule has 140 valence electrons. The molecule has 0 aliphatic carbocycles. The number of likely N-dealkylation sites (tertiary alicyclic amines) is 1. The van der Waals surface area contributed by atoms with Crippen LogP contribution in [-0.4, -0.2) is 65.0 Å². The summed E-state index contributed by atoms with van der Waals surface area (Å²) < 4.78 is 29.3. The van der Waals surface area contributed by atoms with Crippen LogP contribution in [-0.2, 0) is 16.0 Å².